The van der Waals surface area contributed by atoms with Crippen molar-refractivity contribution in [1.82, 2.24) is 0 Å². The molecule has 0 radical (unpaired) electrons. The number of hydrogen-bond acceptors (Lipinski definition) is 2. The van der Waals surface area contributed by atoms with Crippen LogP contribution in [-0.4, -0.2) is 11.1 Å². The van der Waals surface area contributed by atoms with Gasteiger partial charge in [-0.1, -0.05) is 66.7 Å². The lowest BCUT2D eigenvalue weighted by Gasteiger charge is -2.09. The van der Waals surface area contributed by atoms with Crippen LogP contribution >= 0.6 is 0 Å². The Hall–Kier alpha value is -3.07. The van der Waals surface area contributed by atoms with Crippen LogP contribution in [0.25, 0.3) is 11.1 Å². The van der Waals surface area contributed by atoms with Crippen LogP contribution in [0.3, 0.4) is 0 Å². The van der Waals surface area contributed by atoms with E-state index in [2.05, 4.69) is 53.8 Å². The van der Waals surface area contributed by atoms with Crippen molar-refractivity contribution >= 4 is 11.7 Å². The van der Waals surface area contributed by atoms with Crippen molar-refractivity contribution in [3.8, 4) is 11.1 Å². The van der Waals surface area contributed by atoms with E-state index in [4.69, 9.17) is 5.11 Å². The number of carbonyl (C=O) groups is 1. The maximum atomic E-state index is 11.0. The summed E-state index contributed by atoms with van der Waals surface area (Å²) in [6.07, 6.45) is 0.760. The summed E-state index contributed by atoms with van der Waals surface area (Å²) in [6.45, 7) is 0.760. The van der Waals surface area contributed by atoms with Gasteiger partial charge in [0.05, 0.1) is 5.92 Å². The highest BCUT2D eigenvalue weighted by atomic mass is 16.4. The van der Waals surface area contributed by atoms with Crippen molar-refractivity contribution in [2.45, 2.75) is 18.9 Å². The minimum atomic E-state index is -0.684. The molecule has 3 aromatic carbocycles. The van der Waals surface area contributed by atoms with E-state index in [-0.39, 0.29) is 11.8 Å². The van der Waals surface area contributed by atoms with Crippen LogP contribution in [0.2, 0.25) is 0 Å². The highest BCUT2D eigenvalue weighted by Crippen LogP contribution is 2.47. The van der Waals surface area contributed by atoms with Gasteiger partial charge in [0.15, 0.2) is 0 Å². The average molecular weight is 343 g/mol. The van der Waals surface area contributed by atoms with Crippen molar-refractivity contribution in [3.63, 3.8) is 0 Å². The van der Waals surface area contributed by atoms with Gasteiger partial charge in [-0.3, -0.25) is 4.79 Å². The predicted octanol–water partition coefficient (Wildman–Crippen LogP) is 5.15. The second-order valence-electron chi connectivity index (χ2n) is 6.83. The minimum Gasteiger partial charge on any atom is -0.481 e. The van der Waals surface area contributed by atoms with Crippen molar-refractivity contribution < 1.29 is 9.90 Å². The lowest BCUT2D eigenvalue weighted by atomic mass is 10.0. The predicted molar refractivity (Wildman–Crippen MR) is 104 cm³/mol. The first-order chi connectivity index (χ1) is 12.7. The first-order valence-electron chi connectivity index (χ1n) is 8.92. The Morgan fingerprint density at radius 1 is 0.885 bits per heavy atom. The van der Waals surface area contributed by atoms with E-state index in [1.54, 1.807) is 0 Å². The zero-order valence-electron chi connectivity index (χ0n) is 14.4. The second-order valence-corrected chi connectivity index (χ2v) is 6.83. The molecule has 26 heavy (non-hydrogen) atoms. The van der Waals surface area contributed by atoms with Crippen LogP contribution in [0.15, 0.2) is 78.9 Å². The Bertz CT molecular complexity index is 886. The topological polar surface area (TPSA) is 49.3 Å². The van der Waals surface area contributed by atoms with Crippen molar-refractivity contribution in [1.29, 1.82) is 0 Å². The van der Waals surface area contributed by atoms with Crippen LogP contribution in [0.1, 0.15) is 23.5 Å². The third-order valence-corrected chi connectivity index (χ3v) is 5.00. The van der Waals surface area contributed by atoms with Gasteiger partial charge in [0, 0.05) is 12.2 Å². The molecule has 3 nitrogen and oxygen atoms in total. The summed E-state index contributed by atoms with van der Waals surface area (Å²) in [7, 11) is 0. The van der Waals surface area contributed by atoms with Crippen LogP contribution in [0.5, 0.6) is 0 Å². The Morgan fingerprint density at radius 2 is 1.54 bits per heavy atom. The molecule has 0 saturated heterocycles. The van der Waals surface area contributed by atoms with E-state index < -0.39 is 5.97 Å². The molecule has 0 aromatic heterocycles. The van der Waals surface area contributed by atoms with Gasteiger partial charge >= 0.3 is 5.97 Å². The van der Waals surface area contributed by atoms with Crippen LogP contribution < -0.4 is 5.32 Å². The van der Waals surface area contributed by atoms with Crippen molar-refractivity contribution in [2.75, 3.05) is 5.32 Å². The molecule has 1 fully saturated rings. The first kappa shape index (κ1) is 16.4. The molecule has 1 aliphatic carbocycles. The highest BCUT2D eigenvalue weighted by molar-refractivity contribution is 5.75. The number of carboxylic acids is 1. The lowest BCUT2D eigenvalue weighted by Crippen LogP contribution is -2.00. The first-order valence-corrected chi connectivity index (χ1v) is 8.92. The SMILES string of the molecule is O=C(O)[C@@H]1C[C@H]1c1ccc(NCc2ccc(-c3ccccc3)cc2)cc1. The van der Waals surface area contributed by atoms with E-state index in [1.807, 2.05) is 30.3 Å². The van der Waals surface area contributed by atoms with Crippen LogP contribution in [0.4, 0.5) is 5.69 Å². The van der Waals surface area contributed by atoms with Crippen molar-refractivity contribution in [2.24, 2.45) is 5.92 Å². The summed E-state index contributed by atoms with van der Waals surface area (Å²) in [4.78, 5) is 11.0. The number of benzene rings is 3. The van der Waals surface area contributed by atoms with Gasteiger partial charge in [-0.25, -0.2) is 0 Å². The quantitative estimate of drug-likeness (QED) is 0.650. The molecule has 1 aliphatic rings. The zero-order chi connectivity index (χ0) is 17.9. The van der Waals surface area contributed by atoms with Gasteiger partial charge in [-0.2, -0.15) is 0 Å². The second kappa shape index (κ2) is 7.04. The summed E-state index contributed by atoms with van der Waals surface area (Å²) in [5.41, 5.74) is 5.84. The Labute approximate surface area is 153 Å². The van der Waals surface area contributed by atoms with Gasteiger partial charge in [0.1, 0.15) is 0 Å². The standard InChI is InChI=1S/C23H21NO2/c25-23(26)22-14-21(22)19-10-12-20(13-11-19)24-15-16-6-8-18(9-7-16)17-4-2-1-3-5-17/h1-13,21-22,24H,14-15H2,(H,25,26)/t21-,22+/m0/s1. The molecule has 3 heteroatoms. The van der Waals surface area contributed by atoms with E-state index >= 15 is 0 Å². The molecule has 0 aliphatic heterocycles. The number of anilines is 1. The maximum absolute atomic E-state index is 11.0. The number of nitrogens with one attached hydrogen (secondary N) is 1. The average Bonchev–Trinajstić information content (AvgIpc) is 3.49. The number of aliphatic carboxylic acids is 1. The summed E-state index contributed by atoms with van der Waals surface area (Å²) in [5.74, 6) is -0.694. The third-order valence-electron chi connectivity index (χ3n) is 5.00. The fraction of sp³-hybridized carbons (Fsp3) is 0.174. The third kappa shape index (κ3) is 3.62. The fourth-order valence-electron chi connectivity index (χ4n) is 3.33. The molecule has 4 rings (SSSR count). The normalized spacial score (nSPS) is 18.3. The molecular formula is C23H21NO2. The van der Waals surface area contributed by atoms with E-state index in [0.717, 1.165) is 24.2 Å². The van der Waals surface area contributed by atoms with E-state index in [9.17, 15) is 4.79 Å². The molecule has 2 atom stereocenters. The molecule has 0 bridgehead atoms. The molecule has 0 unspecified atom stereocenters. The maximum Gasteiger partial charge on any atom is 0.307 e. The molecule has 0 spiro atoms. The van der Waals surface area contributed by atoms with Gasteiger partial charge in [0.25, 0.3) is 0 Å². The highest BCUT2D eigenvalue weighted by Gasteiger charge is 2.43. The number of carboxylic acid groups (broad SMARTS) is 1. The van der Waals surface area contributed by atoms with Gasteiger partial charge in [-0.15, -0.1) is 0 Å². The molecule has 0 amide bonds. The molecule has 2 N–H and O–H groups in total. The monoisotopic (exact) mass is 343 g/mol. The van der Waals surface area contributed by atoms with Crippen LogP contribution in [0, 0.1) is 5.92 Å². The Morgan fingerprint density at radius 3 is 2.15 bits per heavy atom. The minimum absolute atomic E-state index is 0.187. The van der Waals surface area contributed by atoms with E-state index in [0.29, 0.717) is 0 Å². The largest absolute Gasteiger partial charge is 0.481 e. The smallest absolute Gasteiger partial charge is 0.307 e. The molecule has 0 heterocycles. The lowest BCUT2D eigenvalue weighted by molar-refractivity contribution is -0.138. The van der Waals surface area contributed by atoms with Crippen molar-refractivity contribution in [3.05, 3.63) is 90.0 Å². The Balaban J connectivity index is 1.35. The molecule has 3 aromatic rings. The summed E-state index contributed by atoms with van der Waals surface area (Å²) in [6, 6.07) is 27.1. The number of rotatable bonds is 6. The zero-order valence-corrected chi connectivity index (χ0v) is 14.4. The van der Waals surface area contributed by atoms with Gasteiger partial charge < -0.3 is 10.4 Å². The van der Waals surface area contributed by atoms with E-state index in [1.165, 1.54) is 16.7 Å². The fourth-order valence-corrected chi connectivity index (χ4v) is 3.33. The molecule has 1 saturated carbocycles. The summed E-state index contributed by atoms with van der Waals surface area (Å²) >= 11 is 0. The molecule has 130 valence electrons. The van der Waals surface area contributed by atoms with Gasteiger partial charge in [-0.05, 0) is 46.7 Å². The molecular weight excluding hydrogens is 322 g/mol. The summed E-state index contributed by atoms with van der Waals surface area (Å²) < 4.78 is 0. The van der Waals surface area contributed by atoms with Gasteiger partial charge in [0.2, 0.25) is 0 Å². The summed E-state index contributed by atoms with van der Waals surface area (Å²) in [5, 5.41) is 12.5. The Kier molecular flexibility index (Phi) is 4.44. The van der Waals surface area contributed by atoms with Crippen LogP contribution in [-0.2, 0) is 11.3 Å². The number of hydrogen-bond donors (Lipinski definition) is 2.